The van der Waals surface area contributed by atoms with Crippen LogP contribution in [0, 0.1) is 17.8 Å². The molecular formula is C11H16O2. The van der Waals surface area contributed by atoms with Gasteiger partial charge in [0.25, 0.3) is 0 Å². The van der Waals surface area contributed by atoms with E-state index in [1.165, 1.54) is 19.3 Å². The van der Waals surface area contributed by atoms with Crippen LogP contribution >= 0.6 is 0 Å². The van der Waals surface area contributed by atoms with E-state index >= 15 is 0 Å². The van der Waals surface area contributed by atoms with Gasteiger partial charge in [-0.2, -0.15) is 0 Å². The molecule has 0 unspecified atom stereocenters. The zero-order valence-electron chi connectivity index (χ0n) is 8.03. The Kier molecular flexibility index (Phi) is 1.44. The minimum Gasteiger partial charge on any atom is -0.371 e. The van der Waals surface area contributed by atoms with Crippen molar-refractivity contribution >= 4 is 6.29 Å². The number of carbonyl (C=O) groups is 1. The summed E-state index contributed by atoms with van der Waals surface area (Å²) in [5, 5.41) is 0. The first-order valence-corrected chi connectivity index (χ1v) is 5.34. The molecule has 0 radical (unpaired) electrons. The van der Waals surface area contributed by atoms with Gasteiger partial charge in [0.2, 0.25) is 0 Å². The zero-order chi connectivity index (χ0) is 9.05. The Morgan fingerprint density at radius 2 is 2.38 bits per heavy atom. The molecule has 72 valence electrons. The van der Waals surface area contributed by atoms with Gasteiger partial charge in [0.15, 0.2) is 0 Å². The van der Waals surface area contributed by atoms with Crippen molar-refractivity contribution in [3.8, 4) is 0 Å². The standard InChI is InChI=1S/C11H16O2/c1-11-6-7-4-8(11)5-10(13-11)9(7)2-3-12/h3,7-10H,2,4-6H2,1H3/t7-,8-,9-,10-,11-/m0/s1. The maximum Gasteiger partial charge on any atom is 0.120 e. The fraction of sp³-hybridized carbons (Fsp3) is 0.909. The minimum atomic E-state index is 0.189. The fourth-order valence-corrected chi connectivity index (χ4v) is 3.90. The molecule has 4 rings (SSSR count). The molecule has 4 fully saturated rings. The lowest BCUT2D eigenvalue weighted by molar-refractivity contribution is -0.120. The van der Waals surface area contributed by atoms with Crippen molar-refractivity contribution in [3.05, 3.63) is 0 Å². The molecule has 2 heterocycles. The van der Waals surface area contributed by atoms with Crippen LogP contribution in [0.1, 0.15) is 32.6 Å². The fourth-order valence-electron chi connectivity index (χ4n) is 3.90. The molecule has 2 heteroatoms. The molecule has 2 aliphatic carbocycles. The maximum absolute atomic E-state index is 10.5. The lowest BCUT2D eigenvalue weighted by atomic mass is 9.77. The third-order valence-electron chi connectivity index (χ3n) is 4.51. The monoisotopic (exact) mass is 180 g/mol. The lowest BCUT2D eigenvalue weighted by Crippen LogP contribution is -2.37. The first-order valence-electron chi connectivity index (χ1n) is 5.34. The predicted octanol–water partition coefficient (Wildman–Crippen LogP) is 1.78. The molecule has 13 heavy (non-hydrogen) atoms. The summed E-state index contributed by atoms with van der Waals surface area (Å²) in [7, 11) is 0. The Morgan fingerprint density at radius 1 is 1.54 bits per heavy atom. The number of hydrogen-bond acceptors (Lipinski definition) is 2. The van der Waals surface area contributed by atoms with Crippen LogP contribution < -0.4 is 0 Å². The first-order chi connectivity index (χ1) is 6.23. The van der Waals surface area contributed by atoms with Gasteiger partial charge in [-0.15, -0.1) is 0 Å². The lowest BCUT2D eigenvalue weighted by Gasteiger charge is -2.36. The van der Waals surface area contributed by atoms with Crippen molar-refractivity contribution in [2.45, 2.75) is 44.3 Å². The second kappa shape index (κ2) is 2.35. The van der Waals surface area contributed by atoms with Crippen molar-refractivity contribution in [1.29, 1.82) is 0 Å². The van der Waals surface area contributed by atoms with E-state index in [0.29, 0.717) is 12.0 Å². The molecule has 2 aliphatic heterocycles. The van der Waals surface area contributed by atoms with E-state index in [9.17, 15) is 4.79 Å². The van der Waals surface area contributed by atoms with Crippen LogP contribution in [-0.4, -0.2) is 18.0 Å². The average Bonchev–Trinajstić information content (AvgIpc) is 2.45. The summed E-state index contributed by atoms with van der Waals surface area (Å²) in [6.45, 7) is 2.26. The van der Waals surface area contributed by atoms with E-state index in [1.54, 1.807) is 0 Å². The van der Waals surface area contributed by atoms with Gasteiger partial charge in [-0.1, -0.05) is 0 Å². The van der Waals surface area contributed by atoms with Crippen LogP contribution in [0.5, 0.6) is 0 Å². The molecule has 2 saturated carbocycles. The van der Waals surface area contributed by atoms with Crippen LogP contribution in [0.15, 0.2) is 0 Å². The Hall–Kier alpha value is -0.370. The average molecular weight is 180 g/mol. The summed E-state index contributed by atoms with van der Waals surface area (Å²) in [4.78, 5) is 10.5. The van der Waals surface area contributed by atoms with Crippen LogP contribution in [0.2, 0.25) is 0 Å². The molecule has 2 saturated heterocycles. The van der Waals surface area contributed by atoms with Crippen LogP contribution in [0.25, 0.3) is 0 Å². The smallest absolute Gasteiger partial charge is 0.120 e. The van der Waals surface area contributed by atoms with E-state index in [2.05, 4.69) is 6.92 Å². The van der Waals surface area contributed by atoms with Gasteiger partial charge < -0.3 is 9.53 Å². The zero-order valence-corrected chi connectivity index (χ0v) is 8.03. The summed E-state index contributed by atoms with van der Waals surface area (Å²) in [5.41, 5.74) is 0.189. The molecule has 0 spiro atoms. The SMILES string of the molecule is C[C@]12C[C@@H]3C[C@H]1C[C@H](O2)[C@H]3CC=O. The highest BCUT2D eigenvalue weighted by Gasteiger charge is 2.60. The number of hydrogen-bond donors (Lipinski definition) is 0. The summed E-state index contributed by atoms with van der Waals surface area (Å²) >= 11 is 0. The highest BCUT2D eigenvalue weighted by atomic mass is 16.5. The number of rotatable bonds is 2. The van der Waals surface area contributed by atoms with Gasteiger partial charge in [-0.25, -0.2) is 0 Å². The molecule has 5 atom stereocenters. The van der Waals surface area contributed by atoms with Crippen LogP contribution in [-0.2, 0) is 9.53 Å². The van der Waals surface area contributed by atoms with Crippen molar-refractivity contribution in [3.63, 3.8) is 0 Å². The Balaban J connectivity index is 1.87. The summed E-state index contributed by atoms with van der Waals surface area (Å²) in [6.07, 6.45) is 5.93. The van der Waals surface area contributed by atoms with E-state index in [0.717, 1.165) is 24.5 Å². The highest BCUT2D eigenvalue weighted by Crippen LogP contribution is 2.60. The third kappa shape index (κ3) is 0.899. The largest absolute Gasteiger partial charge is 0.371 e. The topological polar surface area (TPSA) is 26.3 Å². The van der Waals surface area contributed by atoms with E-state index < -0.39 is 0 Å². The van der Waals surface area contributed by atoms with E-state index in [4.69, 9.17) is 4.74 Å². The number of carbonyl (C=O) groups excluding carboxylic acids is 1. The first kappa shape index (κ1) is 7.98. The Labute approximate surface area is 78.6 Å². The van der Waals surface area contributed by atoms with Gasteiger partial charge >= 0.3 is 0 Å². The highest BCUT2D eigenvalue weighted by molar-refractivity contribution is 5.50. The van der Waals surface area contributed by atoms with Gasteiger partial charge in [-0.3, -0.25) is 0 Å². The van der Waals surface area contributed by atoms with Crippen LogP contribution in [0.3, 0.4) is 0 Å². The molecule has 0 aromatic rings. The Bertz CT molecular complexity index is 232. The quantitative estimate of drug-likeness (QED) is 0.605. The summed E-state index contributed by atoms with van der Waals surface area (Å²) < 4.78 is 6.04. The second-order valence-electron chi connectivity index (χ2n) is 5.17. The predicted molar refractivity (Wildman–Crippen MR) is 48.3 cm³/mol. The Morgan fingerprint density at radius 3 is 3.00 bits per heavy atom. The maximum atomic E-state index is 10.5. The number of ether oxygens (including phenoxy) is 1. The molecule has 0 aromatic heterocycles. The van der Waals surface area contributed by atoms with Crippen molar-refractivity contribution in [2.24, 2.45) is 17.8 Å². The molecule has 0 amide bonds. The van der Waals surface area contributed by atoms with Crippen molar-refractivity contribution in [1.82, 2.24) is 0 Å². The van der Waals surface area contributed by atoms with Gasteiger partial charge in [0.1, 0.15) is 6.29 Å². The summed E-state index contributed by atoms with van der Waals surface area (Å²) in [6, 6.07) is 0. The molecule has 0 N–H and O–H groups in total. The number of aldehydes is 1. The van der Waals surface area contributed by atoms with Gasteiger partial charge in [0, 0.05) is 6.42 Å². The van der Waals surface area contributed by atoms with Gasteiger partial charge in [0.05, 0.1) is 11.7 Å². The molecule has 0 aromatic carbocycles. The van der Waals surface area contributed by atoms with Crippen LogP contribution in [0.4, 0.5) is 0 Å². The normalized spacial score (nSPS) is 57.3. The second-order valence-corrected chi connectivity index (χ2v) is 5.17. The van der Waals surface area contributed by atoms with Gasteiger partial charge in [-0.05, 0) is 43.9 Å². The molecule has 4 bridgehead atoms. The molecule has 4 aliphatic rings. The van der Waals surface area contributed by atoms with E-state index in [1.807, 2.05) is 0 Å². The minimum absolute atomic E-state index is 0.189. The third-order valence-corrected chi connectivity index (χ3v) is 4.51. The van der Waals surface area contributed by atoms with Crippen molar-refractivity contribution in [2.75, 3.05) is 0 Å². The molecular weight excluding hydrogens is 164 g/mol. The van der Waals surface area contributed by atoms with E-state index in [-0.39, 0.29) is 5.60 Å². The van der Waals surface area contributed by atoms with Crippen molar-refractivity contribution < 1.29 is 9.53 Å². The molecule has 2 nitrogen and oxygen atoms in total. The summed E-state index contributed by atoms with van der Waals surface area (Å²) in [5.74, 6) is 2.13.